The maximum absolute atomic E-state index is 12.3. The van der Waals surface area contributed by atoms with Crippen molar-refractivity contribution >= 4 is 17.5 Å². The van der Waals surface area contributed by atoms with Crippen LogP contribution in [0.2, 0.25) is 0 Å². The highest BCUT2D eigenvalue weighted by atomic mass is 16.5. The molecule has 148 valence electrons. The molecule has 1 aromatic heterocycles. The van der Waals surface area contributed by atoms with E-state index in [9.17, 15) is 9.59 Å². The lowest BCUT2D eigenvalue weighted by Gasteiger charge is -2.28. The van der Waals surface area contributed by atoms with Crippen LogP contribution < -0.4 is 19.9 Å². The Labute approximate surface area is 164 Å². The van der Waals surface area contributed by atoms with Crippen molar-refractivity contribution in [2.45, 2.75) is 26.3 Å². The molecule has 2 aliphatic heterocycles. The summed E-state index contributed by atoms with van der Waals surface area (Å²) in [7, 11) is 0. The van der Waals surface area contributed by atoms with Gasteiger partial charge in [-0.1, -0.05) is 6.07 Å². The van der Waals surface area contributed by atoms with Gasteiger partial charge in [-0.25, -0.2) is 0 Å². The SMILES string of the molecule is Cc1ccc2c(c1)OCC(=O)N2Cc1ccc(C(=O)NCC[NH+]2CCCC2)o1. The van der Waals surface area contributed by atoms with Crippen molar-refractivity contribution in [1.82, 2.24) is 5.32 Å². The van der Waals surface area contributed by atoms with Crippen molar-refractivity contribution in [1.29, 1.82) is 0 Å². The summed E-state index contributed by atoms with van der Waals surface area (Å²) in [5, 5.41) is 2.92. The van der Waals surface area contributed by atoms with Gasteiger partial charge < -0.3 is 19.4 Å². The largest absolute Gasteiger partial charge is 0.482 e. The Kier molecular flexibility index (Phi) is 5.34. The first kappa shape index (κ1) is 18.6. The molecule has 3 heterocycles. The minimum absolute atomic E-state index is 0.00331. The lowest BCUT2D eigenvalue weighted by Crippen LogP contribution is -3.10. The minimum Gasteiger partial charge on any atom is -0.482 e. The molecular weight excluding hydrogens is 358 g/mol. The normalized spacial score (nSPS) is 16.8. The third-order valence-corrected chi connectivity index (χ3v) is 5.33. The number of likely N-dealkylation sites (tertiary alicyclic amines) is 1. The second-order valence-corrected chi connectivity index (χ2v) is 7.47. The van der Waals surface area contributed by atoms with Gasteiger partial charge in [-0.15, -0.1) is 0 Å². The number of anilines is 1. The van der Waals surface area contributed by atoms with Crippen LogP contribution in [0.15, 0.2) is 34.7 Å². The molecule has 1 aromatic carbocycles. The van der Waals surface area contributed by atoms with E-state index in [-0.39, 0.29) is 30.7 Å². The van der Waals surface area contributed by atoms with Crippen LogP contribution in [0, 0.1) is 6.92 Å². The first-order chi connectivity index (χ1) is 13.6. The maximum atomic E-state index is 12.3. The van der Waals surface area contributed by atoms with E-state index in [1.54, 1.807) is 21.9 Å². The van der Waals surface area contributed by atoms with Gasteiger partial charge >= 0.3 is 0 Å². The standard InChI is InChI=1S/C21H25N3O4/c1-15-4-6-17-19(12-15)27-14-20(25)24(17)13-16-5-7-18(28-16)21(26)22-8-11-23-9-2-3-10-23/h4-7,12H,2-3,8-11,13-14H2,1H3,(H,22,26)/p+1. The highest BCUT2D eigenvalue weighted by Gasteiger charge is 2.27. The number of hydrogen-bond acceptors (Lipinski definition) is 4. The third-order valence-electron chi connectivity index (χ3n) is 5.33. The van der Waals surface area contributed by atoms with Crippen LogP contribution >= 0.6 is 0 Å². The molecule has 1 fully saturated rings. The summed E-state index contributed by atoms with van der Waals surface area (Å²) in [6.45, 7) is 6.21. The fourth-order valence-corrected chi connectivity index (χ4v) is 3.79. The summed E-state index contributed by atoms with van der Waals surface area (Å²) in [6, 6.07) is 9.14. The van der Waals surface area contributed by atoms with Gasteiger partial charge in [0.15, 0.2) is 12.4 Å². The quantitative estimate of drug-likeness (QED) is 0.777. The fourth-order valence-electron chi connectivity index (χ4n) is 3.79. The predicted molar refractivity (Wildman–Crippen MR) is 104 cm³/mol. The predicted octanol–water partition coefficient (Wildman–Crippen LogP) is 0.922. The van der Waals surface area contributed by atoms with E-state index in [2.05, 4.69) is 5.32 Å². The highest BCUT2D eigenvalue weighted by Crippen LogP contribution is 2.33. The number of ether oxygens (including phenoxy) is 1. The zero-order valence-corrected chi connectivity index (χ0v) is 16.1. The molecule has 2 N–H and O–H groups in total. The summed E-state index contributed by atoms with van der Waals surface area (Å²) in [5.74, 6) is 1.18. The van der Waals surface area contributed by atoms with Gasteiger partial charge in [0.1, 0.15) is 11.5 Å². The van der Waals surface area contributed by atoms with Crippen LogP contribution in [0.25, 0.3) is 0 Å². The van der Waals surface area contributed by atoms with Gasteiger partial charge in [-0.3, -0.25) is 14.5 Å². The topological polar surface area (TPSA) is 76.2 Å². The molecule has 0 atom stereocenters. The lowest BCUT2D eigenvalue weighted by molar-refractivity contribution is -0.886. The van der Waals surface area contributed by atoms with Gasteiger partial charge in [0.05, 0.1) is 38.4 Å². The number of fused-ring (bicyclic) bond motifs is 1. The molecule has 7 heteroatoms. The van der Waals surface area contributed by atoms with Gasteiger partial charge in [-0.2, -0.15) is 0 Å². The second kappa shape index (κ2) is 8.06. The molecule has 0 saturated carbocycles. The summed E-state index contributed by atoms with van der Waals surface area (Å²) in [5.41, 5.74) is 1.79. The van der Waals surface area contributed by atoms with Crippen molar-refractivity contribution in [3.8, 4) is 5.75 Å². The van der Waals surface area contributed by atoms with Gasteiger partial charge in [0.2, 0.25) is 0 Å². The van der Waals surface area contributed by atoms with Crippen LogP contribution in [0.3, 0.4) is 0 Å². The monoisotopic (exact) mass is 384 g/mol. The molecule has 7 nitrogen and oxygen atoms in total. The number of furan rings is 1. The Bertz CT molecular complexity index is 870. The Hall–Kier alpha value is -2.80. The molecule has 2 amide bonds. The fraction of sp³-hybridized carbons (Fsp3) is 0.429. The van der Waals surface area contributed by atoms with Crippen LogP contribution in [-0.4, -0.2) is 44.6 Å². The molecule has 28 heavy (non-hydrogen) atoms. The van der Waals surface area contributed by atoms with Gasteiger partial charge in [-0.05, 0) is 36.8 Å². The molecule has 0 radical (unpaired) electrons. The number of nitrogens with one attached hydrogen (secondary N) is 2. The average molecular weight is 384 g/mol. The molecule has 0 aliphatic carbocycles. The van der Waals surface area contributed by atoms with E-state index in [4.69, 9.17) is 9.15 Å². The zero-order valence-electron chi connectivity index (χ0n) is 16.1. The Morgan fingerprint density at radius 1 is 1.21 bits per heavy atom. The second-order valence-electron chi connectivity index (χ2n) is 7.47. The molecule has 0 spiro atoms. The van der Waals surface area contributed by atoms with Crippen LogP contribution in [-0.2, 0) is 11.3 Å². The minimum atomic E-state index is -0.214. The highest BCUT2D eigenvalue weighted by molar-refractivity contribution is 5.97. The smallest absolute Gasteiger partial charge is 0.287 e. The number of carbonyl (C=O) groups is 2. The van der Waals surface area contributed by atoms with E-state index >= 15 is 0 Å². The number of quaternary nitrogens is 1. The van der Waals surface area contributed by atoms with Crippen molar-refractivity contribution < 1.29 is 23.6 Å². The Morgan fingerprint density at radius 2 is 2.04 bits per heavy atom. The summed E-state index contributed by atoms with van der Waals surface area (Å²) < 4.78 is 11.2. The van der Waals surface area contributed by atoms with Crippen molar-refractivity contribution in [3.05, 3.63) is 47.4 Å². The van der Waals surface area contributed by atoms with Crippen LogP contribution in [0.1, 0.15) is 34.7 Å². The van der Waals surface area contributed by atoms with Crippen LogP contribution in [0.5, 0.6) is 5.75 Å². The number of rotatable bonds is 6. The molecule has 1 saturated heterocycles. The summed E-state index contributed by atoms with van der Waals surface area (Å²) in [6.07, 6.45) is 2.54. The van der Waals surface area contributed by atoms with E-state index in [0.29, 0.717) is 18.1 Å². The van der Waals surface area contributed by atoms with E-state index in [0.717, 1.165) is 17.8 Å². The lowest BCUT2D eigenvalue weighted by atomic mass is 10.1. The van der Waals surface area contributed by atoms with Gasteiger partial charge in [0.25, 0.3) is 11.8 Å². The Balaban J connectivity index is 1.38. The molecular formula is C21H26N3O4+. The van der Waals surface area contributed by atoms with Gasteiger partial charge in [0, 0.05) is 12.8 Å². The number of amides is 2. The number of carbonyl (C=O) groups excluding carboxylic acids is 2. The van der Waals surface area contributed by atoms with E-state index in [1.165, 1.54) is 25.9 Å². The molecule has 4 rings (SSSR count). The van der Waals surface area contributed by atoms with Crippen molar-refractivity contribution in [2.24, 2.45) is 0 Å². The molecule has 2 aliphatic rings. The van der Waals surface area contributed by atoms with Crippen molar-refractivity contribution in [3.63, 3.8) is 0 Å². The number of hydrogen-bond donors (Lipinski definition) is 2. The first-order valence-corrected chi connectivity index (χ1v) is 9.84. The van der Waals surface area contributed by atoms with E-state index < -0.39 is 0 Å². The maximum Gasteiger partial charge on any atom is 0.287 e. The summed E-state index contributed by atoms with van der Waals surface area (Å²) >= 11 is 0. The Morgan fingerprint density at radius 3 is 2.86 bits per heavy atom. The first-order valence-electron chi connectivity index (χ1n) is 9.84. The van der Waals surface area contributed by atoms with Crippen molar-refractivity contribution in [2.75, 3.05) is 37.7 Å². The van der Waals surface area contributed by atoms with E-state index in [1.807, 2.05) is 25.1 Å². The average Bonchev–Trinajstić information content (AvgIpc) is 3.36. The van der Waals surface area contributed by atoms with Crippen LogP contribution in [0.4, 0.5) is 5.69 Å². The number of nitrogens with zero attached hydrogens (tertiary/aromatic N) is 1. The number of aryl methyl sites for hydroxylation is 1. The zero-order chi connectivity index (χ0) is 19.5. The molecule has 0 unspecified atom stereocenters. The molecule has 2 aromatic rings. The number of benzene rings is 1. The summed E-state index contributed by atoms with van der Waals surface area (Å²) in [4.78, 5) is 27.8. The molecule has 0 bridgehead atoms. The third kappa shape index (κ3) is 4.04.